The summed E-state index contributed by atoms with van der Waals surface area (Å²) in [4.78, 5) is 23.0. The molecule has 2 aromatic rings. The molecule has 0 aliphatic heterocycles. The second kappa shape index (κ2) is 5.63. The van der Waals surface area contributed by atoms with Crippen LogP contribution in [0.25, 0.3) is 10.9 Å². The number of halogens is 2. The second-order valence-electron chi connectivity index (χ2n) is 4.98. The number of hydrogen-bond donors (Lipinski definition) is 1. The maximum absolute atomic E-state index is 14.2. The van der Waals surface area contributed by atoms with E-state index in [4.69, 9.17) is 5.11 Å². The summed E-state index contributed by atoms with van der Waals surface area (Å²) in [5.41, 5.74) is -0.423. The van der Waals surface area contributed by atoms with E-state index in [0.29, 0.717) is 12.5 Å². The first kappa shape index (κ1) is 15.2. The fourth-order valence-electron chi connectivity index (χ4n) is 2.42. The standard InChI is InChI=1S/C15H15F2NO3/c1-3-8(2)18-10(7-14(20)21)6-13(19)11-4-9(16)5-12(17)15(11)18/h4-6,8H,3,7H2,1-2H3,(H,20,21). The monoisotopic (exact) mass is 295 g/mol. The Morgan fingerprint density at radius 1 is 1.33 bits per heavy atom. The minimum atomic E-state index is -1.12. The van der Waals surface area contributed by atoms with Gasteiger partial charge >= 0.3 is 5.97 Å². The topological polar surface area (TPSA) is 59.3 Å². The van der Waals surface area contributed by atoms with E-state index in [0.717, 1.165) is 12.1 Å². The molecule has 0 saturated carbocycles. The summed E-state index contributed by atoms with van der Waals surface area (Å²) in [6, 6.07) is 2.60. The molecule has 1 aromatic carbocycles. The Hall–Kier alpha value is -2.24. The Labute approximate surface area is 119 Å². The van der Waals surface area contributed by atoms with Crippen LogP contribution >= 0.6 is 0 Å². The molecule has 0 saturated heterocycles. The highest BCUT2D eigenvalue weighted by Gasteiger charge is 2.19. The van der Waals surface area contributed by atoms with Crippen molar-refractivity contribution in [2.75, 3.05) is 0 Å². The smallest absolute Gasteiger partial charge is 0.309 e. The van der Waals surface area contributed by atoms with E-state index in [1.54, 1.807) is 6.92 Å². The number of fused-ring (bicyclic) bond motifs is 1. The van der Waals surface area contributed by atoms with Crippen molar-refractivity contribution >= 4 is 16.9 Å². The molecule has 112 valence electrons. The highest BCUT2D eigenvalue weighted by atomic mass is 19.1. The zero-order valence-electron chi connectivity index (χ0n) is 11.7. The summed E-state index contributed by atoms with van der Waals surface area (Å²) in [6.07, 6.45) is 0.216. The van der Waals surface area contributed by atoms with Gasteiger partial charge in [0.05, 0.1) is 17.3 Å². The first-order valence-corrected chi connectivity index (χ1v) is 6.60. The number of carbonyl (C=O) groups is 1. The van der Waals surface area contributed by atoms with Gasteiger partial charge in [-0.15, -0.1) is 0 Å². The summed E-state index contributed by atoms with van der Waals surface area (Å²) in [5, 5.41) is 8.87. The second-order valence-corrected chi connectivity index (χ2v) is 4.98. The SMILES string of the molecule is CCC(C)n1c(CC(=O)O)cc(=O)c2cc(F)cc(F)c21. The third kappa shape index (κ3) is 2.79. The zero-order chi connectivity index (χ0) is 15.7. The lowest BCUT2D eigenvalue weighted by molar-refractivity contribution is -0.136. The number of pyridine rings is 1. The average molecular weight is 295 g/mol. The van der Waals surface area contributed by atoms with Crippen molar-refractivity contribution in [3.8, 4) is 0 Å². The van der Waals surface area contributed by atoms with Crippen LogP contribution in [-0.4, -0.2) is 15.6 Å². The van der Waals surface area contributed by atoms with Gasteiger partial charge in [-0.2, -0.15) is 0 Å². The van der Waals surface area contributed by atoms with Crippen LogP contribution in [0.2, 0.25) is 0 Å². The fourth-order valence-corrected chi connectivity index (χ4v) is 2.42. The number of benzene rings is 1. The Morgan fingerprint density at radius 3 is 2.57 bits per heavy atom. The van der Waals surface area contributed by atoms with E-state index in [2.05, 4.69) is 0 Å². The Kier molecular flexibility index (Phi) is 4.06. The molecule has 0 spiro atoms. The van der Waals surface area contributed by atoms with Crippen molar-refractivity contribution in [3.63, 3.8) is 0 Å². The van der Waals surface area contributed by atoms with Gasteiger partial charge in [0.15, 0.2) is 11.2 Å². The number of nitrogens with zero attached hydrogens (tertiary/aromatic N) is 1. The summed E-state index contributed by atoms with van der Waals surface area (Å²) < 4.78 is 28.9. The predicted molar refractivity (Wildman–Crippen MR) is 74.5 cm³/mol. The Morgan fingerprint density at radius 2 is 2.00 bits per heavy atom. The first-order chi connectivity index (χ1) is 9.85. The number of carboxylic acid groups (broad SMARTS) is 1. The summed E-state index contributed by atoms with van der Waals surface area (Å²) >= 11 is 0. The number of aliphatic carboxylic acids is 1. The fraction of sp³-hybridized carbons (Fsp3) is 0.333. The Balaban J connectivity index is 2.92. The molecule has 0 aliphatic carbocycles. The highest BCUT2D eigenvalue weighted by Crippen LogP contribution is 2.24. The molecule has 0 bridgehead atoms. The molecule has 0 fully saturated rings. The van der Waals surface area contributed by atoms with Crippen molar-refractivity contribution in [3.05, 3.63) is 45.8 Å². The van der Waals surface area contributed by atoms with Crippen LogP contribution < -0.4 is 5.43 Å². The highest BCUT2D eigenvalue weighted by molar-refractivity contribution is 5.81. The van der Waals surface area contributed by atoms with Crippen LogP contribution in [-0.2, 0) is 11.2 Å². The molecule has 0 amide bonds. The molecule has 1 atom stereocenters. The van der Waals surface area contributed by atoms with Crippen LogP contribution in [0, 0.1) is 11.6 Å². The van der Waals surface area contributed by atoms with E-state index in [-0.39, 0.29) is 22.6 Å². The van der Waals surface area contributed by atoms with Gasteiger partial charge in [0.25, 0.3) is 0 Å². The van der Waals surface area contributed by atoms with Crippen LogP contribution in [0.4, 0.5) is 8.78 Å². The van der Waals surface area contributed by atoms with Gasteiger partial charge < -0.3 is 9.67 Å². The normalized spacial score (nSPS) is 12.6. The number of hydrogen-bond acceptors (Lipinski definition) is 2. The Bertz CT molecular complexity index is 768. The summed E-state index contributed by atoms with van der Waals surface area (Å²) in [5.74, 6) is -2.82. The summed E-state index contributed by atoms with van der Waals surface area (Å²) in [7, 11) is 0. The van der Waals surface area contributed by atoms with Gasteiger partial charge in [-0.25, -0.2) is 8.78 Å². The third-order valence-corrected chi connectivity index (χ3v) is 3.51. The molecule has 21 heavy (non-hydrogen) atoms. The van der Waals surface area contributed by atoms with Crippen molar-refractivity contribution in [1.82, 2.24) is 4.57 Å². The van der Waals surface area contributed by atoms with Crippen molar-refractivity contribution in [1.29, 1.82) is 0 Å². The van der Waals surface area contributed by atoms with Crippen LogP contribution in [0.5, 0.6) is 0 Å². The van der Waals surface area contributed by atoms with Crippen LogP contribution in [0.15, 0.2) is 23.0 Å². The van der Waals surface area contributed by atoms with Crippen molar-refractivity contribution in [2.45, 2.75) is 32.7 Å². The quantitative estimate of drug-likeness (QED) is 0.943. The molecule has 6 heteroatoms. The lowest BCUT2D eigenvalue weighted by Crippen LogP contribution is -2.20. The molecule has 1 aromatic heterocycles. The van der Waals surface area contributed by atoms with Crippen LogP contribution in [0.1, 0.15) is 32.0 Å². The van der Waals surface area contributed by atoms with E-state index >= 15 is 0 Å². The maximum atomic E-state index is 14.2. The zero-order valence-corrected chi connectivity index (χ0v) is 11.7. The number of rotatable bonds is 4. The number of carboxylic acids is 1. The maximum Gasteiger partial charge on any atom is 0.309 e. The van der Waals surface area contributed by atoms with Gasteiger partial charge in [-0.05, 0) is 19.4 Å². The molecule has 0 aliphatic rings. The van der Waals surface area contributed by atoms with E-state index in [1.807, 2.05) is 6.92 Å². The molecular formula is C15H15F2NO3. The predicted octanol–water partition coefficient (Wildman–Crippen LogP) is 2.88. The van der Waals surface area contributed by atoms with Gasteiger partial charge in [-0.3, -0.25) is 9.59 Å². The van der Waals surface area contributed by atoms with Gasteiger partial charge in [0, 0.05) is 23.9 Å². The lowest BCUT2D eigenvalue weighted by Gasteiger charge is -2.22. The van der Waals surface area contributed by atoms with E-state index in [1.165, 1.54) is 4.57 Å². The third-order valence-electron chi connectivity index (χ3n) is 3.51. The minimum absolute atomic E-state index is 0.0468. The van der Waals surface area contributed by atoms with Gasteiger partial charge in [0.2, 0.25) is 0 Å². The lowest BCUT2D eigenvalue weighted by atomic mass is 10.1. The molecule has 0 radical (unpaired) electrons. The van der Waals surface area contributed by atoms with E-state index in [9.17, 15) is 18.4 Å². The molecule has 4 nitrogen and oxygen atoms in total. The molecule has 1 N–H and O–H groups in total. The average Bonchev–Trinajstić information content (AvgIpc) is 2.38. The molecule has 2 rings (SSSR count). The van der Waals surface area contributed by atoms with Gasteiger partial charge in [-0.1, -0.05) is 6.92 Å². The molecular weight excluding hydrogens is 280 g/mol. The van der Waals surface area contributed by atoms with Gasteiger partial charge in [0.1, 0.15) is 5.82 Å². The molecule has 1 unspecified atom stereocenters. The largest absolute Gasteiger partial charge is 0.481 e. The van der Waals surface area contributed by atoms with Crippen molar-refractivity contribution < 1.29 is 18.7 Å². The van der Waals surface area contributed by atoms with E-state index < -0.39 is 29.5 Å². The van der Waals surface area contributed by atoms with Crippen molar-refractivity contribution in [2.24, 2.45) is 0 Å². The van der Waals surface area contributed by atoms with Crippen LogP contribution in [0.3, 0.4) is 0 Å². The summed E-state index contributed by atoms with van der Waals surface area (Å²) in [6.45, 7) is 3.65. The minimum Gasteiger partial charge on any atom is -0.481 e. The molecule has 1 heterocycles. The first-order valence-electron chi connectivity index (χ1n) is 6.60. The number of aromatic nitrogens is 1.